The number of ether oxygens (including phenoxy) is 1. The van der Waals surface area contributed by atoms with Crippen LogP contribution in [0.15, 0.2) is 69.6 Å². The molecular formula is C20H14Br2N2O3S. The van der Waals surface area contributed by atoms with Crippen molar-refractivity contribution >= 4 is 72.8 Å². The molecule has 5 nitrogen and oxygen atoms in total. The normalized spacial score (nSPS) is 15.6. The quantitative estimate of drug-likeness (QED) is 0.270. The zero-order valence-corrected chi connectivity index (χ0v) is 18.4. The van der Waals surface area contributed by atoms with E-state index in [4.69, 9.17) is 17.0 Å². The van der Waals surface area contributed by atoms with Gasteiger partial charge < -0.3 is 4.74 Å². The molecule has 1 fully saturated rings. The van der Waals surface area contributed by atoms with E-state index in [0.717, 1.165) is 4.47 Å². The third-order valence-electron chi connectivity index (χ3n) is 3.79. The molecule has 2 aromatic rings. The molecule has 0 saturated carbocycles. The Morgan fingerprint density at radius 1 is 1.18 bits per heavy atom. The SMILES string of the molecule is C=CCOc1ccc(C=C2C(=O)NC(=S)N(c3cccc(Br)c3)C2=O)cc1Br. The van der Waals surface area contributed by atoms with Gasteiger partial charge in [0, 0.05) is 4.47 Å². The lowest BCUT2D eigenvalue weighted by Crippen LogP contribution is -2.54. The molecule has 0 bridgehead atoms. The molecule has 3 rings (SSSR count). The number of nitrogens with zero attached hydrogens (tertiary/aromatic N) is 1. The molecule has 1 heterocycles. The highest BCUT2D eigenvalue weighted by Gasteiger charge is 2.34. The average molecular weight is 522 g/mol. The number of rotatable bonds is 5. The topological polar surface area (TPSA) is 58.6 Å². The third-order valence-corrected chi connectivity index (χ3v) is 5.19. The number of anilines is 1. The number of hydrogen-bond donors (Lipinski definition) is 1. The highest BCUT2D eigenvalue weighted by molar-refractivity contribution is 9.10. The van der Waals surface area contributed by atoms with Gasteiger partial charge in [-0.3, -0.25) is 19.8 Å². The van der Waals surface area contributed by atoms with E-state index in [0.29, 0.717) is 28.1 Å². The number of hydrogen-bond acceptors (Lipinski definition) is 4. The van der Waals surface area contributed by atoms with Crippen LogP contribution in [-0.2, 0) is 9.59 Å². The fourth-order valence-electron chi connectivity index (χ4n) is 2.55. The van der Waals surface area contributed by atoms with E-state index in [1.54, 1.807) is 42.5 Å². The van der Waals surface area contributed by atoms with Gasteiger partial charge in [0.15, 0.2) is 5.11 Å². The number of nitrogens with one attached hydrogen (secondary N) is 1. The van der Waals surface area contributed by atoms with E-state index in [1.165, 1.54) is 11.0 Å². The van der Waals surface area contributed by atoms with Gasteiger partial charge in [-0.15, -0.1) is 0 Å². The van der Waals surface area contributed by atoms with Crippen molar-refractivity contribution in [2.24, 2.45) is 0 Å². The van der Waals surface area contributed by atoms with Gasteiger partial charge >= 0.3 is 0 Å². The Hall–Kier alpha value is -2.29. The first-order valence-electron chi connectivity index (χ1n) is 8.11. The van der Waals surface area contributed by atoms with E-state index >= 15 is 0 Å². The molecule has 0 spiro atoms. The maximum atomic E-state index is 13.0. The van der Waals surface area contributed by atoms with Crippen LogP contribution in [-0.4, -0.2) is 23.5 Å². The Labute approximate surface area is 184 Å². The Morgan fingerprint density at radius 2 is 1.96 bits per heavy atom. The van der Waals surface area contributed by atoms with Crippen LogP contribution >= 0.6 is 44.1 Å². The second-order valence-corrected chi connectivity index (χ2v) is 7.88. The van der Waals surface area contributed by atoms with Gasteiger partial charge in [-0.1, -0.05) is 40.7 Å². The monoisotopic (exact) mass is 520 g/mol. The van der Waals surface area contributed by atoms with Crippen molar-refractivity contribution in [2.75, 3.05) is 11.5 Å². The van der Waals surface area contributed by atoms with Crippen molar-refractivity contribution in [2.45, 2.75) is 0 Å². The van der Waals surface area contributed by atoms with Gasteiger partial charge in [-0.2, -0.15) is 0 Å². The van der Waals surface area contributed by atoms with E-state index in [-0.39, 0.29) is 10.7 Å². The third kappa shape index (κ3) is 4.40. The molecule has 1 aliphatic rings. The van der Waals surface area contributed by atoms with E-state index in [1.807, 2.05) is 6.07 Å². The van der Waals surface area contributed by atoms with Gasteiger partial charge in [0.1, 0.15) is 17.9 Å². The van der Waals surface area contributed by atoms with Gasteiger partial charge in [-0.05, 0) is 70.1 Å². The largest absolute Gasteiger partial charge is 0.488 e. The van der Waals surface area contributed by atoms with Crippen molar-refractivity contribution in [3.05, 3.63) is 75.2 Å². The van der Waals surface area contributed by atoms with Crippen molar-refractivity contribution in [3.63, 3.8) is 0 Å². The van der Waals surface area contributed by atoms with Gasteiger partial charge in [0.2, 0.25) is 0 Å². The predicted octanol–water partition coefficient (Wildman–Crippen LogP) is 4.61. The first-order valence-corrected chi connectivity index (χ1v) is 10.1. The summed E-state index contributed by atoms with van der Waals surface area (Å²) in [7, 11) is 0. The van der Waals surface area contributed by atoms with Gasteiger partial charge in [-0.25, -0.2) is 0 Å². The van der Waals surface area contributed by atoms with Crippen LogP contribution in [0.25, 0.3) is 6.08 Å². The summed E-state index contributed by atoms with van der Waals surface area (Å²) in [6, 6.07) is 12.4. The second kappa shape index (κ2) is 8.81. The zero-order valence-electron chi connectivity index (χ0n) is 14.4. The molecule has 1 aliphatic heterocycles. The molecule has 1 saturated heterocycles. The molecular weight excluding hydrogens is 508 g/mol. The Balaban J connectivity index is 1.95. The van der Waals surface area contributed by atoms with Crippen LogP contribution in [0.3, 0.4) is 0 Å². The molecule has 0 unspecified atom stereocenters. The molecule has 8 heteroatoms. The summed E-state index contributed by atoms with van der Waals surface area (Å²) >= 11 is 12.0. The minimum atomic E-state index is -0.538. The number of carbonyl (C=O) groups is 2. The molecule has 28 heavy (non-hydrogen) atoms. The first kappa shape index (κ1) is 20.4. The van der Waals surface area contributed by atoms with Crippen molar-refractivity contribution in [1.29, 1.82) is 0 Å². The number of halogens is 2. The van der Waals surface area contributed by atoms with Crippen molar-refractivity contribution in [1.82, 2.24) is 5.32 Å². The van der Waals surface area contributed by atoms with E-state index in [2.05, 4.69) is 43.8 Å². The number of amides is 2. The number of thiocarbonyl (C=S) groups is 1. The number of benzene rings is 2. The van der Waals surface area contributed by atoms with Crippen LogP contribution in [0.5, 0.6) is 5.75 Å². The fraction of sp³-hybridized carbons (Fsp3) is 0.0500. The Morgan fingerprint density at radius 3 is 2.64 bits per heavy atom. The maximum absolute atomic E-state index is 13.0. The summed E-state index contributed by atoms with van der Waals surface area (Å²) in [5.41, 5.74) is 1.21. The van der Waals surface area contributed by atoms with E-state index < -0.39 is 11.8 Å². The van der Waals surface area contributed by atoms with Crippen LogP contribution in [0.2, 0.25) is 0 Å². The standard InChI is InChI=1S/C20H14Br2N2O3S/c1-2-8-27-17-7-6-12(10-16(17)22)9-15-18(25)23-20(28)24(19(15)26)14-5-3-4-13(21)11-14/h2-7,9-11H,1,8H2,(H,23,25,28). The summed E-state index contributed by atoms with van der Waals surface area (Å²) in [6.45, 7) is 3.98. The summed E-state index contributed by atoms with van der Waals surface area (Å²) in [5.74, 6) is -0.391. The van der Waals surface area contributed by atoms with E-state index in [9.17, 15) is 9.59 Å². The predicted molar refractivity (Wildman–Crippen MR) is 120 cm³/mol. The van der Waals surface area contributed by atoms with Crippen LogP contribution in [0.1, 0.15) is 5.56 Å². The minimum Gasteiger partial charge on any atom is -0.488 e. The second-order valence-electron chi connectivity index (χ2n) is 5.73. The fourth-order valence-corrected chi connectivity index (χ4v) is 3.73. The average Bonchev–Trinajstić information content (AvgIpc) is 2.64. The summed E-state index contributed by atoms with van der Waals surface area (Å²) in [5, 5.41) is 2.61. The molecule has 142 valence electrons. The van der Waals surface area contributed by atoms with Gasteiger partial charge in [0.25, 0.3) is 11.8 Å². The minimum absolute atomic E-state index is 0.0137. The molecule has 0 radical (unpaired) electrons. The smallest absolute Gasteiger partial charge is 0.270 e. The molecule has 0 atom stereocenters. The highest BCUT2D eigenvalue weighted by atomic mass is 79.9. The molecule has 2 amide bonds. The lowest BCUT2D eigenvalue weighted by Gasteiger charge is -2.29. The molecule has 2 aromatic carbocycles. The van der Waals surface area contributed by atoms with Gasteiger partial charge in [0.05, 0.1) is 10.2 Å². The van der Waals surface area contributed by atoms with Crippen molar-refractivity contribution in [3.8, 4) is 5.75 Å². The lowest BCUT2D eigenvalue weighted by molar-refractivity contribution is -0.122. The Kier molecular flexibility index (Phi) is 6.43. The molecule has 0 aliphatic carbocycles. The number of carbonyl (C=O) groups excluding carboxylic acids is 2. The maximum Gasteiger partial charge on any atom is 0.270 e. The first-order chi connectivity index (χ1) is 13.4. The zero-order chi connectivity index (χ0) is 20.3. The molecule has 1 N–H and O–H groups in total. The van der Waals surface area contributed by atoms with Crippen LogP contribution in [0.4, 0.5) is 5.69 Å². The summed E-state index contributed by atoms with van der Waals surface area (Å²) in [6.07, 6.45) is 3.17. The lowest BCUT2D eigenvalue weighted by atomic mass is 10.1. The molecule has 0 aromatic heterocycles. The van der Waals surface area contributed by atoms with Crippen molar-refractivity contribution < 1.29 is 14.3 Å². The van der Waals surface area contributed by atoms with Crippen LogP contribution in [0, 0.1) is 0 Å². The summed E-state index contributed by atoms with van der Waals surface area (Å²) in [4.78, 5) is 26.7. The van der Waals surface area contributed by atoms with Crippen LogP contribution < -0.4 is 15.0 Å². The summed E-state index contributed by atoms with van der Waals surface area (Å²) < 4.78 is 7.01. The highest BCUT2D eigenvalue weighted by Crippen LogP contribution is 2.28. The Bertz CT molecular complexity index is 1020.